The largest absolute Gasteiger partial charge is 0.393 e. The Labute approximate surface area is 120 Å². The second-order valence-electron chi connectivity index (χ2n) is 5.87. The van der Waals surface area contributed by atoms with Crippen molar-refractivity contribution in [1.29, 1.82) is 0 Å². The molecule has 1 amide bonds. The Morgan fingerprint density at radius 2 is 2.10 bits per heavy atom. The van der Waals surface area contributed by atoms with E-state index in [4.69, 9.17) is 0 Å². The Kier molecular flexibility index (Phi) is 5.44. The van der Waals surface area contributed by atoms with E-state index in [1.165, 1.54) is 0 Å². The van der Waals surface area contributed by atoms with Crippen LogP contribution in [0.25, 0.3) is 0 Å². The Hall–Kier alpha value is -1.69. The first-order valence-corrected chi connectivity index (χ1v) is 6.73. The van der Waals surface area contributed by atoms with Gasteiger partial charge in [-0.05, 0) is 31.7 Å². The SMILES string of the molecule is CNc1nc(C)cc(C(=O)NCC(C)(C)CC(C)O)n1. The molecule has 1 unspecified atom stereocenters. The molecule has 0 fully saturated rings. The van der Waals surface area contributed by atoms with E-state index in [0.29, 0.717) is 24.6 Å². The van der Waals surface area contributed by atoms with Gasteiger partial charge in [-0.2, -0.15) is 0 Å². The first-order chi connectivity index (χ1) is 9.23. The molecule has 0 aliphatic heterocycles. The molecule has 0 radical (unpaired) electrons. The van der Waals surface area contributed by atoms with E-state index < -0.39 is 0 Å². The second kappa shape index (κ2) is 6.65. The van der Waals surface area contributed by atoms with Gasteiger partial charge in [-0.25, -0.2) is 9.97 Å². The number of aliphatic hydroxyl groups is 1. The summed E-state index contributed by atoms with van der Waals surface area (Å²) in [5.41, 5.74) is 0.907. The van der Waals surface area contributed by atoms with Crippen LogP contribution in [0, 0.1) is 12.3 Å². The summed E-state index contributed by atoms with van der Waals surface area (Å²) in [6, 6.07) is 1.65. The van der Waals surface area contributed by atoms with Crippen LogP contribution in [0.4, 0.5) is 5.95 Å². The number of aryl methyl sites for hydroxylation is 1. The fourth-order valence-corrected chi connectivity index (χ4v) is 2.08. The van der Waals surface area contributed by atoms with Crippen molar-refractivity contribution < 1.29 is 9.90 Å². The molecule has 0 saturated heterocycles. The molecule has 0 aliphatic carbocycles. The van der Waals surface area contributed by atoms with Gasteiger partial charge in [-0.1, -0.05) is 13.8 Å². The van der Waals surface area contributed by atoms with Gasteiger partial charge < -0.3 is 15.7 Å². The van der Waals surface area contributed by atoms with Crippen LogP contribution in [0.1, 0.15) is 43.4 Å². The quantitative estimate of drug-likeness (QED) is 0.732. The van der Waals surface area contributed by atoms with Crippen molar-refractivity contribution in [3.05, 3.63) is 17.5 Å². The minimum absolute atomic E-state index is 0.169. The van der Waals surface area contributed by atoms with Gasteiger partial charge in [-0.15, -0.1) is 0 Å². The maximum atomic E-state index is 12.1. The molecule has 0 aliphatic rings. The summed E-state index contributed by atoms with van der Waals surface area (Å²) in [6.07, 6.45) is 0.233. The molecule has 112 valence electrons. The molecule has 1 heterocycles. The van der Waals surface area contributed by atoms with Crippen molar-refractivity contribution in [3.63, 3.8) is 0 Å². The normalized spacial score (nSPS) is 12.9. The van der Waals surface area contributed by atoms with Crippen molar-refractivity contribution >= 4 is 11.9 Å². The molecule has 1 aromatic rings. The zero-order valence-corrected chi connectivity index (χ0v) is 12.8. The van der Waals surface area contributed by atoms with Crippen molar-refractivity contribution in [2.75, 3.05) is 18.9 Å². The standard InChI is InChI=1S/C14H24N4O2/c1-9-6-11(18-13(15-5)17-9)12(20)16-8-14(3,4)7-10(2)19/h6,10,19H,7-8H2,1-5H3,(H,16,20)(H,15,17,18). The van der Waals surface area contributed by atoms with Crippen LogP contribution < -0.4 is 10.6 Å². The average molecular weight is 280 g/mol. The highest BCUT2D eigenvalue weighted by Crippen LogP contribution is 2.21. The summed E-state index contributed by atoms with van der Waals surface area (Å²) < 4.78 is 0. The number of aliphatic hydroxyl groups excluding tert-OH is 1. The third-order valence-corrected chi connectivity index (χ3v) is 2.89. The number of anilines is 1. The topological polar surface area (TPSA) is 87.1 Å². The van der Waals surface area contributed by atoms with Gasteiger partial charge in [0, 0.05) is 19.3 Å². The zero-order valence-electron chi connectivity index (χ0n) is 12.8. The molecule has 6 nitrogen and oxygen atoms in total. The van der Waals surface area contributed by atoms with Crippen LogP contribution in [0.15, 0.2) is 6.07 Å². The highest BCUT2D eigenvalue weighted by Gasteiger charge is 2.22. The predicted octanol–water partition coefficient (Wildman–Crippen LogP) is 1.35. The van der Waals surface area contributed by atoms with E-state index in [1.807, 2.05) is 20.8 Å². The van der Waals surface area contributed by atoms with Gasteiger partial charge in [0.1, 0.15) is 5.69 Å². The maximum Gasteiger partial charge on any atom is 0.270 e. The lowest BCUT2D eigenvalue weighted by atomic mass is 9.87. The molecule has 1 atom stereocenters. The number of hydrogen-bond acceptors (Lipinski definition) is 5. The van der Waals surface area contributed by atoms with E-state index in [9.17, 15) is 9.90 Å². The number of rotatable bonds is 6. The van der Waals surface area contributed by atoms with Crippen molar-refractivity contribution in [3.8, 4) is 0 Å². The molecule has 20 heavy (non-hydrogen) atoms. The molecule has 0 aromatic carbocycles. The number of amides is 1. The molecular weight excluding hydrogens is 256 g/mol. The van der Waals surface area contributed by atoms with Crippen molar-refractivity contribution in [1.82, 2.24) is 15.3 Å². The number of carbonyl (C=O) groups is 1. The smallest absolute Gasteiger partial charge is 0.270 e. The number of nitrogens with zero attached hydrogens (tertiary/aromatic N) is 2. The number of aromatic nitrogens is 2. The Bertz CT molecular complexity index is 472. The second-order valence-corrected chi connectivity index (χ2v) is 5.87. The van der Waals surface area contributed by atoms with Crippen LogP contribution in [-0.4, -0.2) is 40.7 Å². The Morgan fingerprint density at radius 3 is 2.65 bits per heavy atom. The third-order valence-electron chi connectivity index (χ3n) is 2.89. The number of nitrogens with one attached hydrogen (secondary N) is 2. The summed E-state index contributed by atoms with van der Waals surface area (Å²) >= 11 is 0. The predicted molar refractivity (Wildman–Crippen MR) is 78.7 cm³/mol. The van der Waals surface area contributed by atoms with E-state index in [-0.39, 0.29) is 17.4 Å². The molecule has 1 rings (SSSR count). The highest BCUT2D eigenvalue weighted by atomic mass is 16.3. The van der Waals surface area contributed by atoms with E-state index >= 15 is 0 Å². The summed E-state index contributed by atoms with van der Waals surface area (Å²) in [5.74, 6) is 0.198. The monoisotopic (exact) mass is 280 g/mol. The lowest BCUT2D eigenvalue weighted by molar-refractivity contribution is 0.0897. The molecule has 0 spiro atoms. The van der Waals surface area contributed by atoms with Crippen LogP contribution in [0.2, 0.25) is 0 Å². The average Bonchev–Trinajstić information content (AvgIpc) is 2.33. The van der Waals surface area contributed by atoms with Crippen molar-refractivity contribution in [2.45, 2.75) is 40.2 Å². The molecule has 3 N–H and O–H groups in total. The lowest BCUT2D eigenvalue weighted by Gasteiger charge is -2.26. The van der Waals surface area contributed by atoms with Gasteiger partial charge in [0.25, 0.3) is 5.91 Å². The first kappa shape index (κ1) is 16.4. The third kappa shape index (κ3) is 5.13. The van der Waals surface area contributed by atoms with Crippen LogP contribution >= 0.6 is 0 Å². The fourth-order valence-electron chi connectivity index (χ4n) is 2.08. The minimum Gasteiger partial charge on any atom is -0.393 e. The molecule has 0 saturated carbocycles. The van der Waals surface area contributed by atoms with E-state index in [2.05, 4.69) is 20.6 Å². The van der Waals surface area contributed by atoms with Gasteiger partial charge in [0.15, 0.2) is 0 Å². The highest BCUT2D eigenvalue weighted by molar-refractivity contribution is 5.92. The Morgan fingerprint density at radius 1 is 1.45 bits per heavy atom. The lowest BCUT2D eigenvalue weighted by Crippen LogP contribution is -2.36. The summed E-state index contributed by atoms with van der Waals surface area (Å²) in [5, 5.41) is 15.1. The van der Waals surface area contributed by atoms with E-state index in [1.54, 1.807) is 20.0 Å². The van der Waals surface area contributed by atoms with Gasteiger partial charge in [0.2, 0.25) is 5.95 Å². The van der Waals surface area contributed by atoms with Crippen LogP contribution in [-0.2, 0) is 0 Å². The zero-order chi connectivity index (χ0) is 15.3. The van der Waals surface area contributed by atoms with E-state index in [0.717, 1.165) is 5.69 Å². The maximum absolute atomic E-state index is 12.1. The van der Waals surface area contributed by atoms with Gasteiger partial charge in [0.05, 0.1) is 6.10 Å². The molecular formula is C14H24N4O2. The van der Waals surface area contributed by atoms with Gasteiger partial charge >= 0.3 is 0 Å². The first-order valence-electron chi connectivity index (χ1n) is 6.73. The van der Waals surface area contributed by atoms with Crippen LogP contribution in [0.5, 0.6) is 0 Å². The van der Waals surface area contributed by atoms with Crippen LogP contribution in [0.3, 0.4) is 0 Å². The van der Waals surface area contributed by atoms with Gasteiger partial charge in [-0.3, -0.25) is 4.79 Å². The number of carbonyl (C=O) groups excluding carboxylic acids is 1. The van der Waals surface area contributed by atoms with Crippen molar-refractivity contribution in [2.24, 2.45) is 5.41 Å². The number of hydrogen-bond donors (Lipinski definition) is 3. The fraction of sp³-hybridized carbons (Fsp3) is 0.643. The Balaban J connectivity index is 2.70. The molecule has 6 heteroatoms. The summed E-state index contributed by atoms with van der Waals surface area (Å²) in [4.78, 5) is 20.4. The molecule has 0 bridgehead atoms. The molecule has 1 aromatic heterocycles. The minimum atomic E-state index is -0.390. The summed E-state index contributed by atoms with van der Waals surface area (Å²) in [7, 11) is 1.71. The summed E-state index contributed by atoms with van der Waals surface area (Å²) in [6.45, 7) is 8.05.